The van der Waals surface area contributed by atoms with Gasteiger partial charge in [0.15, 0.2) is 11.5 Å². The van der Waals surface area contributed by atoms with E-state index in [1.54, 1.807) is 31.0 Å². The third kappa shape index (κ3) is 7.88. The molecule has 0 saturated carbocycles. The van der Waals surface area contributed by atoms with Crippen molar-refractivity contribution >= 4 is 52.2 Å². The number of pyridine rings is 1. The molecule has 20 heteroatoms. The first-order valence-electron chi connectivity index (χ1n) is 13.1. The number of alkyl halides is 6. The van der Waals surface area contributed by atoms with Crippen molar-refractivity contribution in [2.24, 2.45) is 0 Å². The number of nitrogen functional groups attached to an aromatic ring is 1. The lowest BCUT2D eigenvalue weighted by Gasteiger charge is -2.36. The Morgan fingerprint density at radius 1 is 1.11 bits per heavy atom. The number of hydrogen-bond donors (Lipinski definition) is 4. The quantitative estimate of drug-likeness (QED) is 0.220. The molecule has 1 unspecified atom stereocenters. The predicted molar refractivity (Wildman–Crippen MR) is 152 cm³/mol. The molecular weight excluding hydrogens is 654 g/mol. The molecule has 1 aliphatic rings. The monoisotopic (exact) mass is 680 g/mol. The summed E-state index contributed by atoms with van der Waals surface area (Å²) in [7, 11) is 0. The molecule has 46 heavy (non-hydrogen) atoms. The van der Waals surface area contributed by atoms with Crippen molar-refractivity contribution < 1.29 is 50.9 Å². The molecule has 4 aromatic rings. The average molecular weight is 681 g/mol. The smallest absolute Gasteiger partial charge is 0.475 e. The first kappa shape index (κ1) is 35.7. The number of amides is 1. The number of nitrogens with one attached hydrogen (secondary N) is 1. The molecule has 1 amide bonds. The Morgan fingerprint density at radius 2 is 1.70 bits per heavy atom. The Bertz CT molecular complexity index is 1730. The second-order valence-corrected chi connectivity index (χ2v) is 10.8. The van der Waals surface area contributed by atoms with E-state index in [0.717, 1.165) is 36.3 Å². The minimum absolute atomic E-state index is 0.0275. The average Bonchev–Trinajstić information content (AvgIpc) is 3.64. The molecule has 5 heterocycles. The van der Waals surface area contributed by atoms with Gasteiger partial charge >= 0.3 is 24.3 Å². The maximum Gasteiger partial charge on any atom is 0.490 e. The topological polar surface area (TPSA) is 180 Å². The number of carbonyl (C=O) groups is 3. The van der Waals surface area contributed by atoms with Gasteiger partial charge in [0, 0.05) is 30.0 Å². The molecule has 250 valence electrons. The molecular formula is C26H27ClF6N8O5. The third-order valence-corrected chi connectivity index (χ3v) is 7.06. The van der Waals surface area contributed by atoms with Gasteiger partial charge in [-0.3, -0.25) is 9.20 Å². The number of carboxylic acid groups (broad SMARTS) is 2. The van der Waals surface area contributed by atoms with Crippen LogP contribution in [-0.4, -0.2) is 76.5 Å². The second-order valence-electron chi connectivity index (χ2n) is 10.4. The number of carboxylic acids is 2. The van der Waals surface area contributed by atoms with Crippen LogP contribution in [0.4, 0.5) is 38.0 Å². The van der Waals surface area contributed by atoms with Crippen LogP contribution in [0.2, 0.25) is 5.02 Å². The Balaban J connectivity index is 0.000000345. The van der Waals surface area contributed by atoms with E-state index in [1.165, 1.54) is 4.52 Å². The molecule has 13 nitrogen and oxygen atoms in total. The number of anilines is 2. The van der Waals surface area contributed by atoms with Gasteiger partial charge in [-0.15, -0.1) is 5.10 Å². The minimum Gasteiger partial charge on any atom is -0.475 e. The highest BCUT2D eigenvalue weighted by molar-refractivity contribution is 6.34. The minimum atomic E-state index is -5.08. The van der Waals surface area contributed by atoms with E-state index in [-0.39, 0.29) is 28.9 Å². The molecule has 0 bridgehead atoms. The molecule has 0 aliphatic carbocycles. The summed E-state index contributed by atoms with van der Waals surface area (Å²) in [5, 5.41) is 22.1. The lowest BCUT2D eigenvalue weighted by Crippen LogP contribution is -2.40. The van der Waals surface area contributed by atoms with Crippen LogP contribution in [0.25, 0.3) is 11.2 Å². The normalized spacial score (nSPS) is 15.0. The molecule has 0 radical (unpaired) electrons. The molecule has 5 N–H and O–H groups in total. The van der Waals surface area contributed by atoms with Crippen LogP contribution in [0, 0.1) is 0 Å². The molecule has 1 saturated heterocycles. The SMILES string of the molecule is CC(NC(=O)c1c(N)nn2cccnc12)c1cc(Cl)c2cncn2c1N1CCCC1(C)C.O=C(O)C(F)(F)F.O=C(O)C(F)(F)F. The van der Waals surface area contributed by atoms with Crippen molar-refractivity contribution in [2.45, 2.75) is 57.5 Å². The summed E-state index contributed by atoms with van der Waals surface area (Å²) < 4.78 is 67.0. The number of rotatable bonds is 4. The first-order valence-corrected chi connectivity index (χ1v) is 13.5. The largest absolute Gasteiger partial charge is 0.490 e. The highest BCUT2D eigenvalue weighted by atomic mass is 35.5. The lowest BCUT2D eigenvalue weighted by atomic mass is 10.0. The van der Waals surface area contributed by atoms with Crippen LogP contribution >= 0.6 is 11.6 Å². The van der Waals surface area contributed by atoms with E-state index in [0.29, 0.717) is 10.7 Å². The van der Waals surface area contributed by atoms with Crippen molar-refractivity contribution in [1.29, 1.82) is 0 Å². The zero-order valence-corrected chi connectivity index (χ0v) is 24.9. The number of imidazole rings is 1. The van der Waals surface area contributed by atoms with Crippen molar-refractivity contribution in [3.63, 3.8) is 0 Å². The summed E-state index contributed by atoms with van der Waals surface area (Å²) in [5.74, 6) is -4.72. The lowest BCUT2D eigenvalue weighted by molar-refractivity contribution is -0.193. The first-order chi connectivity index (χ1) is 21.2. The molecule has 1 atom stereocenters. The summed E-state index contributed by atoms with van der Waals surface area (Å²) >= 11 is 6.60. The zero-order chi connectivity index (χ0) is 34.8. The maximum atomic E-state index is 13.2. The Morgan fingerprint density at radius 3 is 2.22 bits per heavy atom. The van der Waals surface area contributed by atoms with Crippen LogP contribution < -0.4 is 16.0 Å². The fourth-order valence-corrected chi connectivity index (χ4v) is 4.88. The third-order valence-electron chi connectivity index (χ3n) is 6.76. The number of hydrogen-bond acceptors (Lipinski definition) is 8. The Kier molecular flexibility index (Phi) is 10.3. The number of aliphatic carboxylic acids is 2. The van der Waals surface area contributed by atoms with E-state index >= 15 is 0 Å². The van der Waals surface area contributed by atoms with Crippen molar-refractivity contribution in [1.82, 2.24) is 29.3 Å². The summed E-state index contributed by atoms with van der Waals surface area (Å²) in [4.78, 5) is 42.0. The van der Waals surface area contributed by atoms with Gasteiger partial charge in [0.25, 0.3) is 5.91 Å². The van der Waals surface area contributed by atoms with E-state index in [2.05, 4.69) is 39.1 Å². The number of fused-ring (bicyclic) bond motifs is 2. The summed E-state index contributed by atoms with van der Waals surface area (Å²) in [6.45, 7) is 7.32. The molecule has 0 spiro atoms. The van der Waals surface area contributed by atoms with E-state index in [9.17, 15) is 31.1 Å². The molecule has 1 fully saturated rings. The van der Waals surface area contributed by atoms with Crippen LogP contribution in [0.15, 0.2) is 37.1 Å². The van der Waals surface area contributed by atoms with Gasteiger partial charge in [-0.2, -0.15) is 26.3 Å². The predicted octanol–water partition coefficient (Wildman–Crippen LogP) is 4.75. The zero-order valence-electron chi connectivity index (χ0n) is 24.2. The number of aromatic nitrogens is 5. The van der Waals surface area contributed by atoms with Crippen molar-refractivity contribution in [3.05, 3.63) is 53.2 Å². The number of nitrogens with two attached hydrogens (primary N) is 1. The van der Waals surface area contributed by atoms with Crippen LogP contribution in [0.1, 0.15) is 55.6 Å². The Hall–Kier alpha value is -4.81. The van der Waals surface area contributed by atoms with Crippen LogP contribution in [0.3, 0.4) is 0 Å². The number of nitrogens with zero attached hydrogens (tertiary/aromatic N) is 6. The van der Waals surface area contributed by atoms with Gasteiger partial charge in [-0.05, 0) is 45.7 Å². The molecule has 5 rings (SSSR count). The van der Waals surface area contributed by atoms with Gasteiger partial charge in [0.2, 0.25) is 0 Å². The molecule has 1 aliphatic heterocycles. The van der Waals surface area contributed by atoms with Gasteiger partial charge in [0.1, 0.15) is 17.7 Å². The number of halogens is 7. The van der Waals surface area contributed by atoms with Crippen molar-refractivity contribution in [3.8, 4) is 0 Å². The van der Waals surface area contributed by atoms with Crippen molar-refractivity contribution in [2.75, 3.05) is 17.2 Å². The van der Waals surface area contributed by atoms with Gasteiger partial charge in [-0.1, -0.05) is 11.6 Å². The van der Waals surface area contributed by atoms with Gasteiger partial charge < -0.3 is 26.2 Å². The number of carbonyl (C=O) groups excluding carboxylic acids is 1. The fourth-order valence-electron chi connectivity index (χ4n) is 4.63. The maximum absolute atomic E-state index is 13.2. The van der Waals surface area contributed by atoms with E-state index < -0.39 is 24.3 Å². The summed E-state index contributed by atoms with van der Waals surface area (Å²) in [6, 6.07) is 3.30. The highest BCUT2D eigenvalue weighted by Gasteiger charge is 2.39. The summed E-state index contributed by atoms with van der Waals surface area (Å²) in [6.07, 6.45) is -1.15. The van der Waals surface area contributed by atoms with Crippen LogP contribution in [0.5, 0.6) is 0 Å². The summed E-state index contributed by atoms with van der Waals surface area (Å²) in [5.41, 5.74) is 8.44. The second kappa shape index (κ2) is 13.3. The Labute approximate surface area is 260 Å². The molecule has 4 aromatic heterocycles. The van der Waals surface area contributed by atoms with Gasteiger partial charge in [-0.25, -0.2) is 24.1 Å². The standard InChI is InChI=1S/C22H25ClN8O.2C2HF3O2/c1-13(27-20(32)17-18(24)28-31-9-5-7-26-19(17)31)14-10-15(23)16-11-25-12-29(16)21(14)30-8-4-6-22(30,2)3;2*3-2(4,5)1(6)7/h5,7,9-13H,4,6,8H2,1-3H3,(H2,24,28)(H,27,32);2*(H,6,7). The molecule has 0 aromatic carbocycles. The van der Waals surface area contributed by atoms with Gasteiger partial charge in [0.05, 0.1) is 22.8 Å². The fraction of sp³-hybridized carbons (Fsp3) is 0.385. The van der Waals surface area contributed by atoms with E-state index in [4.69, 9.17) is 37.1 Å². The van der Waals surface area contributed by atoms with Crippen LogP contribution in [-0.2, 0) is 9.59 Å². The highest BCUT2D eigenvalue weighted by Crippen LogP contribution is 2.40. The van der Waals surface area contributed by atoms with E-state index in [1.807, 2.05) is 17.4 Å².